The van der Waals surface area contributed by atoms with Crippen LogP contribution in [0.4, 0.5) is 27.8 Å². The summed E-state index contributed by atoms with van der Waals surface area (Å²) in [6, 6.07) is 20.7. The van der Waals surface area contributed by atoms with Crippen molar-refractivity contribution in [2.24, 2.45) is 11.8 Å². The van der Waals surface area contributed by atoms with E-state index < -0.39 is 43.0 Å². The Morgan fingerprint density at radius 3 is 2.09 bits per heavy atom. The molecule has 5 rings (SSSR count). The first-order valence-electron chi connectivity index (χ1n) is 13.8. The summed E-state index contributed by atoms with van der Waals surface area (Å²) in [7, 11) is 0. The van der Waals surface area contributed by atoms with Crippen LogP contribution in [0.15, 0.2) is 90.4 Å². The maximum Gasteiger partial charge on any atom is 0.396 e. The van der Waals surface area contributed by atoms with E-state index in [4.69, 9.17) is 5.41 Å². The number of aromatic nitrogens is 1. The Balaban J connectivity index is 1.42. The van der Waals surface area contributed by atoms with Crippen LogP contribution in [0, 0.1) is 17.2 Å². The summed E-state index contributed by atoms with van der Waals surface area (Å²) in [6.45, 7) is -2.18. The standard InChI is InChI=1S/C31H30F5N5O2/c32-30(33)43-22-11-12-24(38-18-22)41-15-13-19(14-16-41)27(37)26-23(31(34,35)36)17-25(42)39-29(26)40-28(20-7-3-1-4-8-20)21-9-5-2-6-10-21/h1-12,18-19,23,28,30,37,40H,13-17H2,(H,39,42). The van der Waals surface area contributed by atoms with Crippen molar-refractivity contribution in [1.82, 2.24) is 15.6 Å². The Morgan fingerprint density at radius 2 is 1.58 bits per heavy atom. The molecule has 226 valence electrons. The summed E-state index contributed by atoms with van der Waals surface area (Å²) in [5, 5.41) is 14.8. The van der Waals surface area contributed by atoms with Crippen molar-refractivity contribution in [2.75, 3.05) is 18.0 Å². The number of allylic oxidation sites excluding steroid dienone is 1. The van der Waals surface area contributed by atoms with Crippen LogP contribution in [0.3, 0.4) is 0 Å². The van der Waals surface area contributed by atoms with Crippen LogP contribution in [-0.2, 0) is 4.79 Å². The number of hydrogen-bond donors (Lipinski definition) is 3. The summed E-state index contributed by atoms with van der Waals surface area (Å²) in [5.74, 6) is -3.09. The van der Waals surface area contributed by atoms with Gasteiger partial charge in [0.05, 0.1) is 18.2 Å². The Morgan fingerprint density at radius 1 is 0.977 bits per heavy atom. The Kier molecular flexibility index (Phi) is 8.93. The fourth-order valence-electron chi connectivity index (χ4n) is 5.58. The average Bonchev–Trinajstić information content (AvgIpc) is 3.00. The molecule has 0 saturated carbocycles. The highest BCUT2D eigenvalue weighted by atomic mass is 19.4. The first-order chi connectivity index (χ1) is 20.6. The van der Waals surface area contributed by atoms with Crippen molar-refractivity contribution >= 4 is 17.4 Å². The van der Waals surface area contributed by atoms with Gasteiger partial charge >= 0.3 is 12.8 Å². The number of nitrogens with zero attached hydrogens (tertiary/aromatic N) is 2. The lowest BCUT2D eigenvalue weighted by Gasteiger charge is -2.37. The van der Waals surface area contributed by atoms with Crippen LogP contribution in [-0.4, -0.2) is 42.5 Å². The van der Waals surface area contributed by atoms with Gasteiger partial charge in [-0.2, -0.15) is 22.0 Å². The monoisotopic (exact) mass is 599 g/mol. The van der Waals surface area contributed by atoms with Crippen LogP contribution in [0.2, 0.25) is 0 Å². The number of hydrogen-bond acceptors (Lipinski definition) is 6. The molecule has 1 aromatic heterocycles. The second-order valence-corrected chi connectivity index (χ2v) is 10.4. The second kappa shape index (κ2) is 12.8. The first kappa shape index (κ1) is 30.0. The lowest BCUT2D eigenvalue weighted by atomic mass is 9.80. The number of amides is 1. The van der Waals surface area contributed by atoms with Gasteiger partial charge in [-0.1, -0.05) is 60.7 Å². The van der Waals surface area contributed by atoms with Gasteiger partial charge in [-0.05, 0) is 36.1 Å². The SMILES string of the molecule is N=C(C1=C(NC(c2ccccc2)c2ccccc2)NC(=O)CC1C(F)(F)F)C1CCN(c2ccc(OC(F)F)cn2)CC1. The molecule has 3 aromatic rings. The van der Waals surface area contributed by atoms with Crippen LogP contribution in [0.25, 0.3) is 0 Å². The number of pyridine rings is 1. The highest BCUT2D eigenvalue weighted by molar-refractivity contribution is 6.03. The largest absolute Gasteiger partial charge is 0.433 e. The Hall–Kier alpha value is -4.48. The molecule has 2 aliphatic heterocycles. The summed E-state index contributed by atoms with van der Waals surface area (Å²) in [4.78, 5) is 18.6. The Labute approximate surface area is 245 Å². The van der Waals surface area contributed by atoms with E-state index in [-0.39, 0.29) is 22.9 Å². The fraction of sp³-hybridized carbons (Fsp3) is 0.323. The van der Waals surface area contributed by atoms with Crippen molar-refractivity contribution in [2.45, 2.75) is 38.1 Å². The van der Waals surface area contributed by atoms with Crippen LogP contribution in [0.1, 0.15) is 36.4 Å². The molecule has 0 bridgehead atoms. The smallest absolute Gasteiger partial charge is 0.396 e. The maximum atomic E-state index is 14.4. The van der Waals surface area contributed by atoms with Gasteiger partial charge in [0, 0.05) is 36.7 Å². The van der Waals surface area contributed by atoms with Crippen molar-refractivity contribution in [3.05, 3.63) is 102 Å². The van der Waals surface area contributed by atoms with Gasteiger partial charge in [0.25, 0.3) is 0 Å². The van der Waals surface area contributed by atoms with Gasteiger partial charge in [-0.15, -0.1) is 0 Å². The van der Waals surface area contributed by atoms with Crippen molar-refractivity contribution in [1.29, 1.82) is 5.41 Å². The number of carbonyl (C=O) groups excluding carboxylic acids is 1. The lowest BCUT2D eigenvalue weighted by Crippen LogP contribution is -2.48. The topological polar surface area (TPSA) is 90.3 Å². The molecular formula is C31H30F5N5O2. The average molecular weight is 600 g/mol. The van der Waals surface area contributed by atoms with Crippen LogP contribution >= 0.6 is 0 Å². The summed E-state index contributed by atoms with van der Waals surface area (Å²) in [5.41, 5.74) is 1.13. The molecular weight excluding hydrogens is 569 g/mol. The molecule has 2 aromatic carbocycles. The van der Waals surface area contributed by atoms with Crippen molar-refractivity contribution in [3.8, 4) is 5.75 Å². The zero-order valence-electron chi connectivity index (χ0n) is 23.0. The fourth-order valence-corrected chi connectivity index (χ4v) is 5.58. The van der Waals surface area contributed by atoms with Crippen LogP contribution < -0.4 is 20.3 Å². The zero-order valence-corrected chi connectivity index (χ0v) is 23.0. The predicted octanol–water partition coefficient (Wildman–Crippen LogP) is 6.21. The summed E-state index contributed by atoms with van der Waals surface area (Å²) in [6.07, 6.45) is -3.62. The number of nitrogens with one attached hydrogen (secondary N) is 3. The highest BCUT2D eigenvalue weighted by Gasteiger charge is 2.49. The molecule has 1 amide bonds. The number of carbonyl (C=O) groups is 1. The van der Waals surface area contributed by atoms with E-state index in [9.17, 15) is 26.7 Å². The van der Waals surface area contributed by atoms with E-state index >= 15 is 0 Å². The van der Waals surface area contributed by atoms with Gasteiger partial charge < -0.3 is 25.7 Å². The van der Waals surface area contributed by atoms with Crippen LogP contribution in [0.5, 0.6) is 5.75 Å². The Bertz CT molecular complexity index is 1400. The first-order valence-corrected chi connectivity index (χ1v) is 13.8. The molecule has 1 unspecified atom stereocenters. The predicted molar refractivity (Wildman–Crippen MR) is 151 cm³/mol. The third-order valence-corrected chi connectivity index (χ3v) is 7.68. The number of alkyl halides is 5. The van der Waals surface area contributed by atoms with Gasteiger partial charge in [0.1, 0.15) is 17.4 Å². The number of benzene rings is 2. The molecule has 1 saturated heterocycles. The molecule has 2 aliphatic rings. The number of halogens is 5. The molecule has 3 N–H and O–H groups in total. The van der Waals surface area contributed by atoms with Gasteiger partial charge in [-0.25, -0.2) is 4.98 Å². The molecule has 0 aliphatic carbocycles. The van der Waals surface area contributed by atoms with E-state index in [0.717, 1.165) is 11.1 Å². The molecule has 43 heavy (non-hydrogen) atoms. The number of ether oxygens (including phenoxy) is 1. The third-order valence-electron chi connectivity index (χ3n) is 7.68. The molecule has 0 radical (unpaired) electrons. The van der Waals surface area contributed by atoms with Gasteiger partial charge in [-0.3, -0.25) is 4.79 Å². The minimum Gasteiger partial charge on any atom is -0.433 e. The third kappa shape index (κ3) is 7.12. The normalized spacial score (nSPS) is 18.2. The number of anilines is 1. The van der Waals surface area contributed by atoms with E-state index in [2.05, 4.69) is 20.4 Å². The molecule has 1 fully saturated rings. The van der Waals surface area contributed by atoms with Gasteiger partial charge in [0.2, 0.25) is 5.91 Å². The van der Waals surface area contributed by atoms with Crippen molar-refractivity contribution in [3.63, 3.8) is 0 Å². The van der Waals surface area contributed by atoms with E-state index in [0.29, 0.717) is 31.7 Å². The summed E-state index contributed by atoms with van der Waals surface area (Å²) < 4.78 is 72.5. The molecule has 3 heterocycles. The lowest BCUT2D eigenvalue weighted by molar-refractivity contribution is -0.169. The van der Waals surface area contributed by atoms with Crippen molar-refractivity contribution < 1.29 is 31.5 Å². The quantitative estimate of drug-likeness (QED) is 0.201. The summed E-state index contributed by atoms with van der Waals surface area (Å²) >= 11 is 0. The highest BCUT2D eigenvalue weighted by Crippen LogP contribution is 2.41. The van der Waals surface area contributed by atoms with E-state index in [1.165, 1.54) is 18.3 Å². The molecule has 12 heteroatoms. The van der Waals surface area contributed by atoms with E-state index in [1.54, 1.807) is 0 Å². The number of piperidine rings is 1. The number of rotatable bonds is 9. The zero-order chi connectivity index (χ0) is 30.6. The van der Waals surface area contributed by atoms with E-state index in [1.807, 2.05) is 65.6 Å². The minimum atomic E-state index is -4.74. The minimum absolute atomic E-state index is 0.0794. The second-order valence-electron chi connectivity index (χ2n) is 10.4. The molecule has 1 atom stereocenters. The molecule has 0 spiro atoms. The van der Waals surface area contributed by atoms with Gasteiger partial charge in [0.15, 0.2) is 0 Å². The molecule has 7 nitrogen and oxygen atoms in total. The maximum absolute atomic E-state index is 14.4.